The van der Waals surface area contributed by atoms with Gasteiger partial charge in [-0.1, -0.05) is 6.07 Å². The molecule has 0 saturated carbocycles. The van der Waals surface area contributed by atoms with Crippen molar-refractivity contribution in [2.45, 2.75) is 4.90 Å². The van der Waals surface area contributed by atoms with Crippen LogP contribution < -0.4 is 0 Å². The Balaban J connectivity index is 1.50. The lowest BCUT2D eigenvalue weighted by Gasteiger charge is -2.34. The fourth-order valence-corrected chi connectivity index (χ4v) is 4.09. The molecule has 2 aromatic rings. The molecule has 8 heteroatoms. The average Bonchev–Trinajstić information content (AvgIpc) is 3.16. The van der Waals surface area contributed by atoms with E-state index in [-0.39, 0.29) is 22.5 Å². The summed E-state index contributed by atoms with van der Waals surface area (Å²) in [5.41, 5.74) is 0. The van der Waals surface area contributed by atoms with E-state index in [2.05, 4.69) is 0 Å². The Hall–Kier alpha value is -1.93. The number of piperazine rings is 1. The first-order valence-corrected chi connectivity index (χ1v) is 9.59. The van der Waals surface area contributed by atoms with Gasteiger partial charge in [0.25, 0.3) is 5.91 Å². The van der Waals surface area contributed by atoms with Crippen LogP contribution in [0.3, 0.4) is 0 Å². The molecule has 2 amide bonds. The van der Waals surface area contributed by atoms with E-state index in [1.165, 1.54) is 11.3 Å². The number of amides is 2. The molecule has 25 heavy (non-hydrogen) atoms. The number of hydrogen-bond donors (Lipinski definition) is 0. The number of thioether (sulfide) groups is 1. The Bertz CT molecular complexity index is 760. The predicted molar refractivity (Wildman–Crippen MR) is 93.9 cm³/mol. The van der Waals surface area contributed by atoms with Gasteiger partial charge in [0.1, 0.15) is 11.6 Å². The van der Waals surface area contributed by atoms with Gasteiger partial charge < -0.3 is 9.80 Å². The summed E-state index contributed by atoms with van der Waals surface area (Å²) < 4.78 is 26.7. The van der Waals surface area contributed by atoms with Crippen LogP contribution in [0.5, 0.6) is 0 Å². The SMILES string of the molecule is O=C(CSc1cc(F)ccc1F)N1CCN(C(=O)c2cccs2)CC1. The highest BCUT2D eigenvalue weighted by molar-refractivity contribution is 8.00. The quantitative estimate of drug-likeness (QED) is 0.763. The summed E-state index contributed by atoms with van der Waals surface area (Å²) in [6, 6.07) is 6.81. The molecule has 0 N–H and O–H groups in total. The lowest BCUT2D eigenvalue weighted by atomic mass is 10.3. The molecule has 0 bridgehead atoms. The summed E-state index contributed by atoms with van der Waals surface area (Å²) in [6.07, 6.45) is 0. The molecule has 1 saturated heterocycles. The maximum atomic E-state index is 13.6. The van der Waals surface area contributed by atoms with Gasteiger partial charge in [-0.2, -0.15) is 0 Å². The van der Waals surface area contributed by atoms with E-state index >= 15 is 0 Å². The minimum Gasteiger partial charge on any atom is -0.338 e. The van der Waals surface area contributed by atoms with Gasteiger partial charge in [-0.05, 0) is 29.6 Å². The highest BCUT2D eigenvalue weighted by Crippen LogP contribution is 2.23. The second kappa shape index (κ2) is 7.97. The minimum atomic E-state index is -0.537. The van der Waals surface area contributed by atoms with Crippen molar-refractivity contribution in [2.24, 2.45) is 0 Å². The molecular formula is C17H16F2N2O2S2. The van der Waals surface area contributed by atoms with Crippen molar-refractivity contribution < 1.29 is 18.4 Å². The van der Waals surface area contributed by atoms with Gasteiger partial charge in [-0.15, -0.1) is 23.1 Å². The second-order valence-electron chi connectivity index (χ2n) is 5.51. The lowest BCUT2D eigenvalue weighted by Crippen LogP contribution is -2.51. The fraction of sp³-hybridized carbons (Fsp3) is 0.294. The molecule has 1 aromatic carbocycles. The number of hydrogen-bond acceptors (Lipinski definition) is 4. The van der Waals surface area contributed by atoms with E-state index in [0.717, 1.165) is 30.0 Å². The molecule has 1 fully saturated rings. The molecule has 132 valence electrons. The van der Waals surface area contributed by atoms with Crippen LogP contribution in [0.15, 0.2) is 40.6 Å². The van der Waals surface area contributed by atoms with Crippen molar-refractivity contribution in [3.8, 4) is 0 Å². The van der Waals surface area contributed by atoms with E-state index in [4.69, 9.17) is 0 Å². The zero-order valence-electron chi connectivity index (χ0n) is 13.3. The normalized spacial score (nSPS) is 14.6. The topological polar surface area (TPSA) is 40.6 Å². The first kappa shape index (κ1) is 17.9. The van der Waals surface area contributed by atoms with Gasteiger partial charge in [0, 0.05) is 31.1 Å². The first-order valence-electron chi connectivity index (χ1n) is 7.73. The number of rotatable bonds is 4. The molecule has 1 aromatic heterocycles. The molecule has 4 nitrogen and oxygen atoms in total. The van der Waals surface area contributed by atoms with E-state index < -0.39 is 11.6 Å². The monoisotopic (exact) mass is 382 g/mol. The second-order valence-corrected chi connectivity index (χ2v) is 7.48. The third kappa shape index (κ3) is 4.38. The predicted octanol–water partition coefficient (Wildman–Crippen LogP) is 3.10. The molecule has 0 unspecified atom stereocenters. The maximum Gasteiger partial charge on any atom is 0.264 e. The van der Waals surface area contributed by atoms with Crippen molar-refractivity contribution in [2.75, 3.05) is 31.9 Å². The summed E-state index contributed by atoms with van der Waals surface area (Å²) in [7, 11) is 0. The van der Waals surface area contributed by atoms with Crippen LogP contribution in [0, 0.1) is 11.6 Å². The lowest BCUT2D eigenvalue weighted by molar-refractivity contribution is -0.129. The van der Waals surface area contributed by atoms with Gasteiger partial charge in [-0.25, -0.2) is 8.78 Å². The standard InChI is InChI=1S/C17H16F2N2O2S2/c18-12-3-4-13(19)15(10-12)25-11-16(22)20-5-7-21(8-6-20)17(23)14-2-1-9-24-14/h1-4,9-10H,5-8,11H2. The van der Waals surface area contributed by atoms with Crippen LogP contribution in [-0.2, 0) is 4.79 Å². The summed E-state index contributed by atoms with van der Waals surface area (Å²) in [6.45, 7) is 1.84. The van der Waals surface area contributed by atoms with Crippen LogP contribution in [-0.4, -0.2) is 53.5 Å². The van der Waals surface area contributed by atoms with Crippen LogP contribution in [0.1, 0.15) is 9.67 Å². The highest BCUT2D eigenvalue weighted by Gasteiger charge is 2.25. The van der Waals surface area contributed by atoms with Crippen LogP contribution >= 0.6 is 23.1 Å². The molecule has 2 heterocycles. The smallest absolute Gasteiger partial charge is 0.264 e. The largest absolute Gasteiger partial charge is 0.338 e. The van der Waals surface area contributed by atoms with Crippen molar-refractivity contribution in [3.05, 3.63) is 52.2 Å². The Kier molecular flexibility index (Phi) is 5.70. The average molecular weight is 382 g/mol. The number of carbonyl (C=O) groups is 2. The summed E-state index contributed by atoms with van der Waals surface area (Å²) in [5.74, 6) is -1.18. The van der Waals surface area contributed by atoms with E-state index in [1.54, 1.807) is 15.9 Å². The first-order chi connectivity index (χ1) is 12.0. The van der Waals surface area contributed by atoms with Gasteiger partial charge in [0.15, 0.2) is 0 Å². The molecule has 0 aliphatic carbocycles. The molecule has 0 spiro atoms. The van der Waals surface area contributed by atoms with Gasteiger partial charge in [-0.3, -0.25) is 9.59 Å². The van der Waals surface area contributed by atoms with E-state index in [0.29, 0.717) is 31.1 Å². The summed E-state index contributed by atoms with van der Waals surface area (Å²) in [5, 5.41) is 1.86. The number of nitrogens with zero attached hydrogens (tertiary/aromatic N) is 2. The highest BCUT2D eigenvalue weighted by atomic mass is 32.2. The number of benzene rings is 1. The van der Waals surface area contributed by atoms with E-state index in [9.17, 15) is 18.4 Å². The number of carbonyl (C=O) groups excluding carboxylic acids is 2. The zero-order valence-corrected chi connectivity index (χ0v) is 14.9. The molecule has 0 radical (unpaired) electrons. The molecule has 3 rings (SSSR count). The van der Waals surface area contributed by atoms with Crippen LogP contribution in [0.25, 0.3) is 0 Å². The number of thiophene rings is 1. The molecule has 1 aliphatic rings. The number of halogens is 2. The van der Waals surface area contributed by atoms with Crippen molar-refractivity contribution in [3.63, 3.8) is 0 Å². The Labute approximate surface area is 152 Å². The third-order valence-electron chi connectivity index (χ3n) is 3.90. The van der Waals surface area contributed by atoms with Crippen LogP contribution in [0.4, 0.5) is 8.78 Å². The maximum absolute atomic E-state index is 13.6. The molecule has 1 aliphatic heterocycles. The Morgan fingerprint density at radius 2 is 1.80 bits per heavy atom. The Morgan fingerprint density at radius 3 is 2.48 bits per heavy atom. The third-order valence-corrected chi connectivity index (χ3v) is 5.77. The van der Waals surface area contributed by atoms with Gasteiger partial charge >= 0.3 is 0 Å². The molecular weight excluding hydrogens is 366 g/mol. The fourth-order valence-electron chi connectivity index (χ4n) is 2.53. The van der Waals surface area contributed by atoms with Gasteiger partial charge in [0.2, 0.25) is 5.91 Å². The Morgan fingerprint density at radius 1 is 1.08 bits per heavy atom. The summed E-state index contributed by atoms with van der Waals surface area (Å²) >= 11 is 2.38. The molecule has 0 atom stereocenters. The van der Waals surface area contributed by atoms with Crippen molar-refractivity contribution in [1.29, 1.82) is 0 Å². The summed E-state index contributed by atoms with van der Waals surface area (Å²) in [4.78, 5) is 28.7. The van der Waals surface area contributed by atoms with E-state index in [1.807, 2.05) is 11.4 Å². The zero-order chi connectivity index (χ0) is 17.8. The van der Waals surface area contributed by atoms with Gasteiger partial charge in [0.05, 0.1) is 10.6 Å². The van der Waals surface area contributed by atoms with Crippen LogP contribution in [0.2, 0.25) is 0 Å². The van der Waals surface area contributed by atoms with Crippen molar-refractivity contribution >= 4 is 34.9 Å². The van der Waals surface area contributed by atoms with Crippen molar-refractivity contribution in [1.82, 2.24) is 9.80 Å². The minimum absolute atomic E-state index is 0.0155.